The zero-order chi connectivity index (χ0) is 15.2. The first-order valence-electron chi connectivity index (χ1n) is 7.00. The average molecular weight is 310 g/mol. The lowest BCUT2D eigenvalue weighted by atomic mass is 9.98. The van der Waals surface area contributed by atoms with Crippen LogP contribution in [-0.4, -0.2) is 12.6 Å². The molecule has 0 aromatic heterocycles. The lowest BCUT2D eigenvalue weighted by Gasteiger charge is -2.18. The van der Waals surface area contributed by atoms with Gasteiger partial charge >= 0.3 is 0 Å². The van der Waals surface area contributed by atoms with Gasteiger partial charge in [-0.25, -0.2) is 8.78 Å². The maximum atomic E-state index is 13.8. The Kier molecular flexibility index (Phi) is 5.71. The van der Waals surface area contributed by atoms with Crippen LogP contribution in [0.15, 0.2) is 42.5 Å². The minimum Gasteiger partial charge on any atom is -0.314 e. The summed E-state index contributed by atoms with van der Waals surface area (Å²) in [5, 5.41) is 4.03. The summed E-state index contributed by atoms with van der Waals surface area (Å²) in [6, 6.07) is 11.4. The van der Waals surface area contributed by atoms with Crippen molar-refractivity contribution in [3.63, 3.8) is 0 Å². The maximum Gasteiger partial charge on any atom is 0.129 e. The van der Waals surface area contributed by atoms with E-state index >= 15 is 0 Å². The van der Waals surface area contributed by atoms with Crippen molar-refractivity contribution in [1.29, 1.82) is 0 Å². The van der Waals surface area contributed by atoms with Crippen LogP contribution >= 0.6 is 11.6 Å². The average Bonchev–Trinajstić information content (AvgIpc) is 2.42. The van der Waals surface area contributed by atoms with Crippen LogP contribution in [0.2, 0.25) is 5.02 Å². The molecule has 0 aliphatic rings. The lowest BCUT2D eigenvalue weighted by Crippen LogP contribution is -2.33. The molecule has 0 amide bonds. The Morgan fingerprint density at radius 2 is 1.90 bits per heavy atom. The zero-order valence-electron chi connectivity index (χ0n) is 11.9. The van der Waals surface area contributed by atoms with Crippen molar-refractivity contribution in [2.45, 2.75) is 25.8 Å². The van der Waals surface area contributed by atoms with E-state index in [4.69, 9.17) is 11.6 Å². The van der Waals surface area contributed by atoms with Crippen molar-refractivity contribution in [2.75, 3.05) is 6.54 Å². The molecule has 0 spiro atoms. The highest BCUT2D eigenvalue weighted by molar-refractivity contribution is 6.30. The van der Waals surface area contributed by atoms with Crippen molar-refractivity contribution < 1.29 is 8.78 Å². The Labute approximate surface area is 128 Å². The van der Waals surface area contributed by atoms with Crippen LogP contribution in [0.1, 0.15) is 18.1 Å². The van der Waals surface area contributed by atoms with Gasteiger partial charge in [0.1, 0.15) is 11.6 Å². The fourth-order valence-corrected chi connectivity index (χ4v) is 2.62. The van der Waals surface area contributed by atoms with Gasteiger partial charge < -0.3 is 5.32 Å². The number of hydrogen-bond acceptors (Lipinski definition) is 1. The van der Waals surface area contributed by atoms with Crippen LogP contribution in [-0.2, 0) is 12.8 Å². The summed E-state index contributed by atoms with van der Waals surface area (Å²) in [5.74, 6) is -1.05. The second-order valence-electron chi connectivity index (χ2n) is 5.03. The van der Waals surface area contributed by atoms with Gasteiger partial charge in [0, 0.05) is 17.1 Å². The van der Waals surface area contributed by atoms with E-state index in [0.717, 1.165) is 24.6 Å². The van der Waals surface area contributed by atoms with E-state index in [1.54, 1.807) is 0 Å². The summed E-state index contributed by atoms with van der Waals surface area (Å²) in [7, 11) is 0. The molecule has 0 heterocycles. The predicted molar refractivity (Wildman–Crippen MR) is 82.7 cm³/mol. The van der Waals surface area contributed by atoms with E-state index in [9.17, 15) is 8.78 Å². The van der Waals surface area contributed by atoms with Gasteiger partial charge in [-0.3, -0.25) is 0 Å². The molecule has 2 aromatic carbocycles. The summed E-state index contributed by atoms with van der Waals surface area (Å²) in [4.78, 5) is 0. The monoisotopic (exact) mass is 309 g/mol. The Balaban J connectivity index is 2.11. The van der Waals surface area contributed by atoms with Crippen molar-refractivity contribution in [3.8, 4) is 0 Å². The van der Waals surface area contributed by atoms with Gasteiger partial charge in [-0.05, 0) is 48.7 Å². The van der Waals surface area contributed by atoms with Crippen molar-refractivity contribution >= 4 is 11.6 Å². The molecule has 2 aromatic rings. The normalized spacial score (nSPS) is 12.4. The molecule has 0 aliphatic carbocycles. The van der Waals surface area contributed by atoms with Crippen molar-refractivity contribution in [1.82, 2.24) is 5.32 Å². The molecule has 21 heavy (non-hydrogen) atoms. The van der Waals surface area contributed by atoms with Gasteiger partial charge in [-0.1, -0.05) is 36.7 Å². The number of likely N-dealkylation sites (N-methyl/N-ethyl adjacent to an activating group) is 1. The van der Waals surface area contributed by atoms with Gasteiger partial charge in [-0.15, -0.1) is 0 Å². The molecule has 112 valence electrons. The van der Waals surface area contributed by atoms with Gasteiger partial charge in [0.05, 0.1) is 0 Å². The van der Waals surface area contributed by atoms with Gasteiger partial charge in [0.15, 0.2) is 0 Å². The van der Waals surface area contributed by atoms with Crippen LogP contribution in [0.25, 0.3) is 0 Å². The smallest absolute Gasteiger partial charge is 0.129 e. The highest BCUT2D eigenvalue weighted by atomic mass is 35.5. The molecule has 1 N–H and O–H groups in total. The molecule has 1 nitrogen and oxygen atoms in total. The number of benzene rings is 2. The number of hydrogen-bond donors (Lipinski definition) is 1. The minimum absolute atomic E-state index is 0.0772. The summed E-state index contributed by atoms with van der Waals surface area (Å²) in [5.41, 5.74) is 1.61. The molecule has 4 heteroatoms. The summed E-state index contributed by atoms with van der Waals surface area (Å²) < 4.78 is 26.7. The lowest BCUT2D eigenvalue weighted by molar-refractivity contribution is 0.502. The Hall–Kier alpha value is -1.45. The first-order valence-corrected chi connectivity index (χ1v) is 7.38. The molecule has 0 saturated heterocycles. The van der Waals surface area contributed by atoms with E-state index in [1.807, 2.05) is 31.2 Å². The SMILES string of the molecule is CCNC(Cc1cccc(Cl)c1)Cc1ccc(F)cc1F. The predicted octanol–water partition coefficient (Wildman–Crippen LogP) is 4.38. The summed E-state index contributed by atoms with van der Waals surface area (Å²) >= 11 is 5.99. The van der Waals surface area contributed by atoms with E-state index in [2.05, 4.69) is 5.32 Å². The number of rotatable bonds is 6. The molecular weight excluding hydrogens is 292 g/mol. The maximum absolute atomic E-state index is 13.8. The van der Waals surface area contributed by atoms with Gasteiger partial charge in [0.2, 0.25) is 0 Å². The van der Waals surface area contributed by atoms with E-state index < -0.39 is 11.6 Å². The molecule has 0 bridgehead atoms. The fourth-order valence-electron chi connectivity index (χ4n) is 2.41. The van der Waals surface area contributed by atoms with E-state index in [-0.39, 0.29) is 6.04 Å². The minimum atomic E-state index is -0.550. The van der Waals surface area contributed by atoms with Crippen LogP contribution < -0.4 is 5.32 Å². The van der Waals surface area contributed by atoms with Crippen LogP contribution in [0.4, 0.5) is 8.78 Å². The number of halogens is 3. The Morgan fingerprint density at radius 3 is 2.57 bits per heavy atom. The topological polar surface area (TPSA) is 12.0 Å². The second kappa shape index (κ2) is 7.53. The number of nitrogens with one attached hydrogen (secondary N) is 1. The zero-order valence-corrected chi connectivity index (χ0v) is 12.6. The van der Waals surface area contributed by atoms with Crippen LogP contribution in [0.5, 0.6) is 0 Å². The van der Waals surface area contributed by atoms with Crippen molar-refractivity contribution in [3.05, 3.63) is 70.2 Å². The third kappa shape index (κ3) is 4.80. The van der Waals surface area contributed by atoms with Crippen LogP contribution in [0, 0.1) is 11.6 Å². The largest absolute Gasteiger partial charge is 0.314 e. The molecular formula is C17H18ClF2N. The van der Waals surface area contributed by atoms with E-state index in [0.29, 0.717) is 17.0 Å². The van der Waals surface area contributed by atoms with E-state index in [1.165, 1.54) is 12.1 Å². The Morgan fingerprint density at radius 1 is 1.10 bits per heavy atom. The molecule has 2 rings (SSSR count). The molecule has 1 unspecified atom stereocenters. The molecule has 0 radical (unpaired) electrons. The van der Waals surface area contributed by atoms with Gasteiger partial charge in [0.25, 0.3) is 0 Å². The molecule has 0 aliphatic heterocycles. The Bertz CT molecular complexity index is 601. The third-order valence-electron chi connectivity index (χ3n) is 3.35. The van der Waals surface area contributed by atoms with Crippen LogP contribution in [0.3, 0.4) is 0 Å². The summed E-state index contributed by atoms with van der Waals surface area (Å²) in [6.07, 6.45) is 1.25. The highest BCUT2D eigenvalue weighted by Gasteiger charge is 2.13. The molecule has 0 saturated carbocycles. The first kappa shape index (κ1) is 15.9. The first-order chi connectivity index (χ1) is 10.1. The van der Waals surface area contributed by atoms with Gasteiger partial charge in [-0.2, -0.15) is 0 Å². The quantitative estimate of drug-likeness (QED) is 0.835. The standard InChI is InChI=1S/C17H18ClF2N/c1-2-21-16(9-12-4-3-5-14(18)8-12)10-13-6-7-15(19)11-17(13)20/h3-8,11,16,21H,2,9-10H2,1H3. The van der Waals surface area contributed by atoms with Crippen molar-refractivity contribution in [2.24, 2.45) is 0 Å². The molecule has 1 atom stereocenters. The fraction of sp³-hybridized carbons (Fsp3) is 0.294. The molecule has 0 fully saturated rings. The highest BCUT2D eigenvalue weighted by Crippen LogP contribution is 2.16. The third-order valence-corrected chi connectivity index (χ3v) is 3.58. The summed E-state index contributed by atoms with van der Waals surface area (Å²) in [6.45, 7) is 2.79. The second-order valence-corrected chi connectivity index (χ2v) is 5.46.